The van der Waals surface area contributed by atoms with E-state index < -0.39 is 34.6 Å². The third-order valence-electron chi connectivity index (χ3n) is 1.87. The normalized spacial score (nSPS) is 12.4. The fourth-order valence-corrected chi connectivity index (χ4v) is 2.07. The van der Waals surface area contributed by atoms with Crippen LogP contribution in [0.2, 0.25) is 0 Å². The van der Waals surface area contributed by atoms with Crippen molar-refractivity contribution in [3.05, 3.63) is 17.5 Å². The van der Waals surface area contributed by atoms with Gasteiger partial charge in [-0.1, -0.05) is 0 Å². The Balaban J connectivity index is 2.87. The van der Waals surface area contributed by atoms with E-state index >= 15 is 0 Å². The molecule has 1 aromatic rings. The van der Waals surface area contributed by atoms with E-state index in [1.165, 1.54) is 11.6 Å². The second-order valence-corrected chi connectivity index (χ2v) is 5.09. The van der Waals surface area contributed by atoms with Crippen molar-refractivity contribution in [3.8, 4) is 0 Å². The molecule has 0 atom stereocenters. The lowest BCUT2D eigenvalue weighted by Crippen LogP contribution is -2.37. The second kappa shape index (κ2) is 5.09. The Morgan fingerprint density at radius 2 is 2.05 bits per heavy atom. The lowest BCUT2D eigenvalue weighted by atomic mass is 10.4. The number of nitrogens with one attached hydrogen (secondary N) is 3. The van der Waals surface area contributed by atoms with E-state index in [1.54, 1.807) is 4.72 Å². The molecule has 0 aliphatic heterocycles. The molecular weight excluding hydrogens is 291 g/mol. The Bertz CT molecular complexity index is 579. The third-order valence-corrected chi connectivity index (χ3v) is 2.89. The van der Waals surface area contributed by atoms with E-state index in [1.807, 2.05) is 0 Å². The van der Waals surface area contributed by atoms with Crippen LogP contribution in [0, 0.1) is 6.92 Å². The van der Waals surface area contributed by atoms with Gasteiger partial charge in [0.2, 0.25) is 0 Å². The number of carboxylic acids is 1. The summed E-state index contributed by atoms with van der Waals surface area (Å²) in [5.74, 6) is -1.44. The van der Waals surface area contributed by atoms with E-state index in [4.69, 9.17) is 5.11 Å². The minimum absolute atomic E-state index is 0.339. The molecule has 108 valence electrons. The number of rotatable bonds is 5. The van der Waals surface area contributed by atoms with Crippen LogP contribution in [-0.4, -0.2) is 37.2 Å². The first kappa shape index (κ1) is 15.3. The number of aromatic carboxylic acids is 1. The number of aromatic nitrogens is 1. The Labute approximate surface area is 106 Å². The molecule has 0 aliphatic carbocycles. The quantitative estimate of drug-likeness (QED) is 0.645. The number of hydrogen-bond acceptors (Lipinski definition) is 3. The van der Waals surface area contributed by atoms with Gasteiger partial charge >= 0.3 is 12.1 Å². The molecule has 0 amide bonds. The summed E-state index contributed by atoms with van der Waals surface area (Å²) in [5, 5.41) is 8.77. The molecule has 0 aliphatic rings. The SMILES string of the molecule is Cc1cc(NS(=O)(=O)NCC(F)(F)F)c(C(=O)O)[nH]1. The zero-order valence-electron chi connectivity index (χ0n) is 9.50. The van der Waals surface area contributed by atoms with Crippen LogP contribution in [-0.2, 0) is 10.2 Å². The van der Waals surface area contributed by atoms with E-state index in [9.17, 15) is 26.4 Å². The number of hydrogen-bond donors (Lipinski definition) is 4. The molecule has 0 aromatic carbocycles. The highest BCUT2D eigenvalue weighted by Gasteiger charge is 2.30. The van der Waals surface area contributed by atoms with Crippen molar-refractivity contribution >= 4 is 21.9 Å². The summed E-state index contributed by atoms with van der Waals surface area (Å²) in [4.78, 5) is 13.1. The summed E-state index contributed by atoms with van der Waals surface area (Å²) in [6.07, 6.45) is -4.71. The van der Waals surface area contributed by atoms with Crippen LogP contribution in [0.5, 0.6) is 0 Å². The molecular formula is C8H10F3N3O4S. The predicted octanol–water partition coefficient (Wildman–Crippen LogP) is 0.830. The molecule has 19 heavy (non-hydrogen) atoms. The minimum atomic E-state index is -4.71. The van der Waals surface area contributed by atoms with E-state index in [-0.39, 0.29) is 5.69 Å². The van der Waals surface area contributed by atoms with Gasteiger partial charge in [0.1, 0.15) is 12.2 Å². The van der Waals surface area contributed by atoms with Gasteiger partial charge in [-0.25, -0.2) is 4.79 Å². The minimum Gasteiger partial charge on any atom is -0.477 e. The van der Waals surface area contributed by atoms with Crippen LogP contribution in [0.3, 0.4) is 0 Å². The number of H-pyrrole nitrogens is 1. The van der Waals surface area contributed by atoms with Gasteiger partial charge in [0, 0.05) is 5.69 Å². The van der Waals surface area contributed by atoms with E-state index in [0.717, 1.165) is 6.07 Å². The first-order valence-electron chi connectivity index (χ1n) is 4.77. The average Bonchev–Trinajstić information content (AvgIpc) is 2.55. The van der Waals surface area contributed by atoms with Gasteiger partial charge in [-0.05, 0) is 13.0 Å². The van der Waals surface area contributed by atoms with Crippen LogP contribution < -0.4 is 9.44 Å². The van der Waals surface area contributed by atoms with E-state index in [0.29, 0.717) is 5.69 Å². The van der Waals surface area contributed by atoms with Gasteiger partial charge < -0.3 is 10.1 Å². The second-order valence-electron chi connectivity index (χ2n) is 3.59. The Hall–Kier alpha value is -1.75. The Morgan fingerprint density at radius 1 is 1.47 bits per heavy atom. The average molecular weight is 301 g/mol. The molecule has 4 N–H and O–H groups in total. The van der Waals surface area contributed by atoms with Crippen LogP contribution in [0.4, 0.5) is 18.9 Å². The number of carbonyl (C=O) groups is 1. The summed E-state index contributed by atoms with van der Waals surface area (Å²) in [6.45, 7) is -0.290. The van der Waals surface area contributed by atoms with Gasteiger partial charge in [-0.15, -0.1) is 0 Å². The highest BCUT2D eigenvalue weighted by Crippen LogP contribution is 2.18. The predicted molar refractivity (Wildman–Crippen MR) is 59.1 cm³/mol. The number of alkyl halides is 3. The maximum absolute atomic E-state index is 11.9. The molecule has 1 heterocycles. The maximum atomic E-state index is 11.9. The summed E-state index contributed by atoms with van der Waals surface area (Å²) >= 11 is 0. The van der Waals surface area contributed by atoms with Crippen molar-refractivity contribution in [1.29, 1.82) is 0 Å². The lowest BCUT2D eigenvalue weighted by Gasteiger charge is -2.10. The molecule has 0 unspecified atom stereocenters. The van der Waals surface area contributed by atoms with Crippen molar-refractivity contribution in [1.82, 2.24) is 9.71 Å². The molecule has 11 heteroatoms. The highest BCUT2D eigenvalue weighted by atomic mass is 32.2. The van der Waals surface area contributed by atoms with Gasteiger partial charge in [0.15, 0.2) is 0 Å². The van der Waals surface area contributed by atoms with Crippen molar-refractivity contribution < 1.29 is 31.5 Å². The largest absolute Gasteiger partial charge is 0.477 e. The molecule has 0 bridgehead atoms. The van der Waals surface area contributed by atoms with Crippen LogP contribution >= 0.6 is 0 Å². The number of halogens is 3. The molecule has 7 nitrogen and oxygen atoms in total. The summed E-state index contributed by atoms with van der Waals surface area (Å²) in [7, 11) is -4.51. The summed E-state index contributed by atoms with van der Waals surface area (Å²) in [6, 6.07) is 1.15. The van der Waals surface area contributed by atoms with Gasteiger partial charge in [0.05, 0.1) is 5.69 Å². The third kappa shape index (κ3) is 4.79. The molecule has 0 saturated carbocycles. The summed E-state index contributed by atoms with van der Waals surface area (Å²) in [5.41, 5.74) is -0.472. The van der Waals surface area contributed by atoms with Crippen LogP contribution in [0.15, 0.2) is 6.07 Å². The Kier molecular flexibility index (Phi) is 4.10. The fourth-order valence-electron chi connectivity index (χ4n) is 1.20. The van der Waals surface area contributed by atoms with Crippen molar-refractivity contribution in [2.75, 3.05) is 11.3 Å². The van der Waals surface area contributed by atoms with Crippen molar-refractivity contribution in [2.45, 2.75) is 13.1 Å². The monoisotopic (exact) mass is 301 g/mol. The standard InChI is InChI=1S/C8H10F3N3O4S/c1-4-2-5(6(13-4)7(15)16)14-19(17,18)12-3-8(9,10)11/h2,12-14H,3H2,1H3,(H,15,16). The van der Waals surface area contributed by atoms with Crippen molar-refractivity contribution in [2.24, 2.45) is 0 Å². The number of carboxylic acid groups (broad SMARTS) is 1. The first-order valence-corrected chi connectivity index (χ1v) is 6.25. The zero-order valence-corrected chi connectivity index (χ0v) is 10.3. The lowest BCUT2D eigenvalue weighted by molar-refractivity contribution is -0.121. The van der Waals surface area contributed by atoms with Gasteiger partial charge in [-0.2, -0.15) is 26.3 Å². The number of anilines is 1. The van der Waals surface area contributed by atoms with Crippen LogP contribution in [0.1, 0.15) is 16.2 Å². The maximum Gasteiger partial charge on any atom is 0.402 e. The molecule has 1 aromatic heterocycles. The van der Waals surface area contributed by atoms with Gasteiger partial charge in [0.25, 0.3) is 10.2 Å². The van der Waals surface area contributed by atoms with Gasteiger partial charge in [-0.3, -0.25) is 4.72 Å². The molecule has 0 fully saturated rings. The smallest absolute Gasteiger partial charge is 0.402 e. The molecule has 1 rings (SSSR count). The molecule has 0 spiro atoms. The fraction of sp³-hybridized carbons (Fsp3) is 0.375. The number of aromatic amines is 1. The molecule has 0 saturated heterocycles. The van der Waals surface area contributed by atoms with E-state index in [2.05, 4.69) is 4.98 Å². The Morgan fingerprint density at radius 3 is 2.53 bits per heavy atom. The topological polar surface area (TPSA) is 111 Å². The number of aryl methyl sites for hydroxylation is 1. The van der Waals surface area contributed by atoms with Crippen LogP contribution in [0.25, 0.3) is 0 Å². The molecule has 0 radical (unpaired) electrons. The zero-order chi connectivity index (χ0) is 14.8. The first-order chi connectivity index (χ1) is 8.50. The highest BCUT2D eigenvalue weighted by molar-refractivity contribution is 7.90. The summed E-state index contributed by atoms with van der Waals surface area (Å²) < 4.78 is 61.2. The van der Waals surface area contributed by atoms with Crippen molar-refractivity contribution in [3.63, 3.8) is 0 Å².